The molecular weight excluding hydrogens is 289 g/mol. The fourth-order valence-corrected chi connectivity index (χ4v) is 1.99. The highest BCUT2D eigenvalue weighted by atomic mass is 19.4. The van der Waals surface area contributed by atoms with Crippen LogP contribution in [0.1, 0.15) is 5.69 Å². The molecule has 1 amide bonds. The first-order valence-corrected chi connectivity index (χ1v) is 6.34. The molecule has 9 heteroatoms. The molecule has 0 unspecified atom stereocenters. The van der Waals surface area contributed by atoms with Crippen molar-refractivity contribution in [3.63, 3.8) is 0 Å². The van der Waals surface area contributed by atoms with Crippen LogP contribution in [0.15, 0.2) is 12.1 Å². The Balaban J connectivity index is 1.99. The fraction of sp³-hybridized carbons (Fsp3) is 0.583. The number of amides is 1. The summed E-state index contributed by atoms with van der Waals surface area (Å²) in [7, 11) is 1.55. The topological polar surface area (TPSA) is 58.6 Å². The number of carbonyl (C=O) groups is 1. The molecule has 0 N–H and O–H groups in total. The second-order valence-corrected chi connectivity index (χ2v) is 4.57. The van der Waals surface area contributed by atoms with Crippen molar-refractivity contribution in [1.82, 2.24) is 15.1 Å². The van der Waals surface area contributed by atoms with Crippen LogP contribution in [-0.2, 0) is 15.7 Å². The summed E-state index contributed by atoms with van der Waals surface area (Å²) in [5.41, 5.74) is -1.05. The third-order valence-electron chi connectivity index (χ3n) is 3.15. The van der Waals surface area contributed by atoms with Crippen LogP contribution in [0.25, 0.3) is 0 Å². The summed E-state index contributed by atoms with van der Waals surface area (Å²) < 4.78 is 42.1. The second-order valence-electron chi connectivity index (χ2n) is 4.57. The third kappa shape index (κ3) is 3.81. The molecule has 0 spiro atoms. The van der Waals surface area contributed by atoms with E-state index in [1.54, 1.807) is 16.9 Å². The number of carbonyl (C=O) groups excluding carboxylic acids is 1. The van der Waals surface area contributed by atoms with Crippen molar-refractivity contribution in [3.05, 3.63) is 17.8 Å². The fourth-order valence-electron chi connectivity index (χ4n) is 1.99. The van der Waals surface area contributed by atoms with Gasteiger partial charge in [-0.1, -0.05) is 0 Å². The molecule has 21 heavy (non-hydrogen) atoms. The first-order chi connectivity index (χ1) is 9.91. The summed E-state index contributed by atoms with van der Waals surface area (Å²) in [4.78, 5) is 15.2. The zero-order chi connectivity index (χ0) is 15.5. The Morgan fingerprint density at radius 2 is 2.05 bits per heavy atom. The van der Waals surface area contributed by atoms with E-state index in [-0.39, 0.29) is 18.3 Å². The van der Waals surface area contributed by atoms with Gasteiger partial charge in [0.25, 0.3) is 0 Å². The molecule has 116 valence electrons. The Kier molecular flexibility index (Phi) is 4.61. The number of hydrogen-bond donors (Lipinski definition) is 0. The molecule has 1 aromatic heterocycles. The lowest BCUT2D eigenvalue weighted by Gasteiger charge is -2.34. The number of halogens is 3. The van der Waals surface area contributed by atoms with E-state index in [0.29, 0.717) is 26.2 Å². The van der Waals surface area contributed by atoms with Gasteiger partial charge in [-0.05, 0) is 12.1 Å². The maximum absolute atomic E-state index is 12.4. The maximum Gasteiger partial charge on any atom is 0.435 e. The quantitative estimate of drug-likeness (QED) is 0.823. The van der Waals surface area contributed by atoms with Crippen LogP contribution >= 0.6 is 0 Å². The molecule has 0 atom stereocenters. The minimum Gasteiger partial charge on any atom is -0.383 e. The van der Waals surface area contributed by atoms with E-state index < -0.39 is 11.9 Å². The van der Waals surface area contributed by atoms with E-state index in [2.05, 4.69) is 10.2 Å². The minimum atomic E-state index is -4.51. The lowest BCUT2D eigenvalue weighted by Crippen LogP contribution is -2.51. The molecule has 0 saturated carbocycles. The number of rotatable bonds is 4. The van der Waals surface area contributed by atoms with E-state index in [1.807, 2.05) is 0 Å². The van der Waals surface area contributed by atoms with Crippen LogP contribution in [0, 0.1) is 0 Å². The van der Waals surface area contributed by atoms with Crippen LogP contribution in [0.5, 0.6) is 0 Å². The molecule has 2 heterocycles. The van der Waals surface area contributed by atoms with Gasteiger partial charge < -0.3 is 14.5 Å². The van der Waals surface area contributed by atoms with Crippen LogP contribution < -0.4 is 4.90 Å². The highest BCUT2D eigenvalue weighted by Gasteiger charge is 2.33. The van der Waals surface area contributed by atoms with Gasteiger partial charge in [0, 0.05) is 26.7 Å². The van der Waals surface area contributed by atoms with E-state index in [0.717, 1.165) is 6.07 Å². The molecule has 1 saturated heterocycles. The Labute approximate surface area is 119 Å². The van der Waals surface area contributed by atoms with Gasteiger partial charge in [-0.15, -0.1) is 10.2 Å². The van der Waals surface area contributed by atoms with Crippen molar-refractivity contribution in [2.24, 2.45) is 0 Å². The standard InChI is InChI=1S/C12H15F3N4O2/c1-21-7-6-18-4-5-19(8-11(18)20)10-3-2-9(16-17-10)12(13,14)15/h2-3H,4-8H2,1H3. The summed E-state index contributed by atoms with van der Waals surface area (Å²) in [5, 5.41) is 6.71. The molecule has 0 bridgehead atoms. The molecule has 6 nitrogen and oxygen atoms in total. The summed E-state index contributed by atoms with van der Waals surface area (Å²) >= 11 is 0. The normalized spacial score (nSPS) is 16.5. The minimum absolute atomic E-state index is 0.0732. The van der Waals surface area contributed by atoms with Gasteiger partial charge >= 0.3 is 6.18 Å². The predicted octanol–water partition coefficient (Wildman–Crippen LogP) is 0.790. The molecule has 0 aromatic carbocycles. The largest absolute Gasteiger partial charge is 0.435 e. The molecule has 1 aliphatic rings. The summed E-state index contributed by atoms with van der Waals surface area (Å²) in [6.07, 6.45) is -4.51. The second kappa shape index (κ2) is 6.25. The van der Waals surface area contributed by atoms with Crippen LogP contribution in [0.3, 0.4) is 0 Å². The number of methoxy groups -OCH3 is 1. The lowest BCUT2D eigenvalue weighted by molar-refractivity contribution is -0.141. The maximum atomic E-state index is 12.4. The Hall–Kier alpha value is -1.90. The van der Waals surface area contributed by atoms with E-state index in [4.69, 9.17) is 4.74 Å². The lowest BCUT2D eigenvalue weighted by atomic mass is 10.3. The van der Waals surface area contributed by atoms with Crippen molar-refractivity contribution < 1.29 is 22.7 Å². The highest BCUT2D eigenvalue weighted by molar-refractivity contribution is 5.82. The molecular formula is C12H15F3N4O2. The zero-order valence-electron chi connectivity index (χ0n) is 11.4. The number of piperazine rings is 1. The number of alkyl halides is 3. The van der Waals surface area contributed by atoms with Crippen molar-refractivity contribution in [2.75, 3.05) is 44.8 Å². The van der Waals surface area contributed by atoms with Gasteiger partial charge in [-0.3, -0.25) is 4.79 Å². The van der Waals surface area contributed by atoms with Crippen molar-refractivity contribution >= 4 is 11.7 Å². The van der Waals surface area contributed by atoms with Gasteiger partial charge in [-0.2, -0.15) is 13.2 Å². The number of aromatic nitrogens is 2. The number of nitrogens with zero attached hydrogens (tertiary/aromatic N) is 4. The van der Waals surface area contributed by atoms with Crippen molar-refractivity contribution in [3.8, 4) is 0 Å². The van der Waals surface area contributed by atoms with E-state index in [9.17, 15) is 18.0 Å². The SMILES string of the molecule is COCCN1CCN(c2ccc(C(F)(F)F)nn2)CC1=O. The predicted molar refractivity (Wildman–Crippen MR) is 67.7 cm³/mol. The Morgan fingerprint density at radius 3 is 2.57 bits per heavy atom. The van der Waals surface area contributed by atoms with E-state index >= 15 is 0 Å². The number of anilines is 1. The average molecular weight is 304 g/mol. The van der Waals surface area contributed by atoms with Gasteiger partial charge in [0.15, 0.2) is 11.5 Å². The Bertz CT molecular complexity index is 492. The van der Waals surface area contributed by atoms with Crippen LogP contribution in [0.2, 0.25) is 0 Å². The van der Waals surface area contributed by atoms with Gasteiger partial charge in [-0.25, -0.2) is 0 Å². The Morgan fingerprint density at radius 1 is 1.29 bits per heavy atom. The van der Waals surface area contributed by atoms with Crippen LogP contribution in [-0.4, -0.2) is 60.9 Å². The molecule has 0 aliphatic carbocycles. The van der Waals surface area contributed by atoms with Gasteiger partial charge in [0.2, 0.25) is 5.91 Å². The monoisotopic (exact) mass is 304 g/mol. The summed E-state index contributed by atoms with van der Waals surface area (Å²) in [5.74, 6) is 0.155. The summed E-state index contributed by atoms with van der Waals surface area (Å²) in [6, 6.07) is 2.10. The summed E-state index contributed by atoms with van der Waals surface area (Å²) in [6.45, 7) is 2.00. The number of hydrogen-bond acceptors (Lipinski definition) is 5. The first-order valence-electron chi connectivity index (χ1n) is 6.34. The van der Waals surface area contributed by atoms with Gasteiger partial charge in [0.1, 0.15) is 0 Å². The van der Waals surface area contributed by atoms with E-state index in [1.165, 1.54) is 6.07 Å². The van der Waals surface area contributed by atoms with Gasteiger partial charge in [0.05, 0.1) is 13.2 Å². The number of ether oxygens (including phenoxy) is 1. The van der Waals surface area contributed by atoms with Crippen LogP contribution in [0.4, 0.5) is 19.0 Å². The molecule has 0 radical (unpaired) electrons. The first kappa shape index (κ1) is 15.5. The zero-order valence-corrected chi connectivity index (χ0v) is 11.4. The third-order valence-corrected chi connectivity index (χ3v) is 3.15. The highest BCUT2D eigenvalue weighted by Crippen LogP contribution is 2.27. The average Bonchev–Trinajstić information content (AvgIpc) is 2.45. The molecule has 1 aliphatic heterocycles. The molecule has 1 fully saturated rings. The van der Waals surface area contributed by atoms with Crippen molar-refractivity contribution in [2.45, 2.75) is 6.18 Å². The molecule has 2 rings (SSSR count). The molecule has 1 aromatic rings. The smallest absolute Gasteiger partial charge is 0.383 e. The van der Waals surface area contributed by atoms with Crippen molar-refractivity contribution in [1.29, 1.82) is 0 Å².